The van der Waals surface area contributed by atoms with Gasteiger partial charge in [-0.2, -0.15) is 0 Å². The molecule has 1 aromatic heterocycles. The molecule has 1 N–H and O–H groups in total. The highest BCUT2D eigenvalue weighted by Gasteiger charge is 2.08. The van der Waals surface area contributed by atoms with Crippen molar-refractivity contribution in [1.82, 2.24) is 10.2 Å². The Morgan fingerprint density at radius 2 is 1.79 bits per heavy atom. The summed E-state index contributed by atoms with van der Waals surface area (Å²) in [7, 11) is 1.64. The lowest BCUT2D eigenvalue weighted by Gasteiger charge is -2.05. The standard InChI is InChI=1S/C20H20N2O5S/c1-25-16-7-3-14(4-8-16)13-18-21-22-20(27-18)28-12-2-11-26-17-9-5-15(6-10-17)19(23)24/h3-10H,2,11-13H2,1H3,(H,23,24). The van der Waals surface area contributed by atoms with E-state index in [1.54, 1.807) is 19.2 Å². The van der Waals surface area contributed by atoms with Gasteiger partial charge in [-0.25, -0.2) is 4.79 Å². The third-order valence-corrected chi connectivity index (χ3v) is 4.75. The number of ether oxygens (including phenoxy) is 2. The summed E-state index contributed by atoms with van der Waals surface area (Å²) in [5, 5.41) is 17.5. The average Bonchev–Trinajstić information content (AvgIpc) is 3.16. The lowest BCUT2D eigenvalue weighted by Crippen LogP contribution is -2.00. The van der Waals surface area contributed by atoms with Gasteiger partial charge in [-0.1, -0.05) is 23.9 Å². The second-order valence-corrected chi connectivity index (χ2v) is 6.91. The van der Waals surface area contributed by atoms with Crippen molar-refractivity contribution in [3.8, 4) is 11.5 Å². The Labute approximate surface area is 166 Å². The third kappa shape index (κ3) is 5.75. The number of thioether (sulfide) groups is 1. The van der Waals surface area contributed by atoms with Crippen molar-refractivity contribution >= 4 is 17.7 Å². The predicted molar refractivity (Wildman–Crippen MR) is 104 cm³/mol. The van der Waals surface area contributed by atoms with Crippen LogP contribution in [-0.4, -0.2) is 40.7 Å². The second-order valence-electron chi connectivity index (χ2n) is 5.87. The van der Waals surface area contributed by atoms with Crippen LogP contribution in [0.2, 0.25) is 0 Å². The minimum Gasteiger partial charge on any atom is -0.497 e. The molecule has 0 unspecified atom stereocenters. The van der Waals surface area contributed by atoms with E-state index >= 15 is 0 Å². The van der Waals surface area contributed by atoms with E-state index < -0.39 is 5.97 Å². The quantitative estimate of drug-likeness (QED) is 0.404. The van der Waals surface area contributed by atoms with E-state index in [4.69, 9.17) is 19.0 Å². The Morgan fingerprint density at radius 1 is 1.07 bits per heavy atom. The van der Waals surface area contributed by atoms with Crippen LogP contribution in [0.3, 0.4) is 0 Å². The highest BCUT2D eigenvalue weighted by atomic mass is 32.2. The van der Waals surface area contributed by atoms with Crippen LogP contribution < -0.4 is 9.47 Å². The van der Waals surface area contributed by atoms with Gasteiger partial charge in [0.2, 0.25) is 5.89 Å². The predicted octanol–water partition coefficient (Wildman–Crippen LogP) is 3.93. The summed E-state index contributed by atoms with van der Waals surface area (Å²) in [6.07, 6.45) is 1.37. The molecule has 7 nitrogen and oxygen atoms in total. The van der Waals surface area contributed by atoms with Crippen LogP contribution in [0.15, 0.2) is 58.2 Å². The van der Waals surface area contributed by atoms with Crippen LogP contribution in [-0.2, 0) is 6.42 Å². The van der Waals surface area contributed by atoms with E-state index in [2.05, 4.69) is 10.2 Å². The number of benzene rings is 2. The number of hydrogen-bond acceptors (Lipinski definition) is 7. The van der Waals surface area contributed by atoms with E-state index in [1.807, 2.05) is 24.3 Å². The maximum absolute atomic E-state index is 10.8. The summed E-state index contributed by atoms with van der Waals surface area (Å²) in [5.41, 5.74) is 1.31. The zero-order chi connectivity index (χ0) is 19.8. The minimum absolute atomic E-state index is 0.241. The SMILES string of the molecule is COc1ccc(Cc2nnc(SCCCOc3ccc(C(=O)O)cc3)o2)cc1. The van der Waals surface area contributed by atoms with Gasteiger partial charge in [0.15, 0.2) is 0 Å². The summed E-state index contributed by atoms with van der Waals surface area (Å²) in [6.45, 7) is 0.520. The smallest absolute Gasteiger partial charge is 0.335 e. The van der Waals surface area contributed by atoms with Gasteiger partial charge in [-0.05, 0) is 48.4 Å². The number of methoxy groups -OCH3 is 1. The lowest BCUT2D eigenvalue weighted by atomic mass is 10.1. The average molecular weight is 400 g/mol. The third-order valence-electron chi connectivity index (χ3n) is 3.85. The highest BCUT2D eigenvalue weighted by Crippen LogP contribution is 2.20. The fraction of sp³-hybridized carbons (Fsp3) is 0.250. The molecular formula is C20H20N2O5S. The van der Waals surface area contributed by atoms with Gasteiger partial charge in [-0.3, -0.25) is 0 Å². The molecule has 146 valence electrons. The fourth-order valence-corrected chi connectivity index (χ4v) is 3.08. The molecule has 0 fully saturated rings. The Kier molecular flexibility index (Phi) is 6.91. The van der Waals surface area contributed by atoms with Crippen LogP contribution in [0.1, 0.15) is 28.2 Å². The van der Waals surface area contributed by atoms with Gasteiger partial charge < -0.3 is 19.0 Å². The van der Waals surface area contributed by atoms with E-state index in [0.717, 1.165) is 23.5 Å². The molecule has 0 bridgehead atoms. The van der Waals surface area contributed by atoms with Crippen molar-refractivity contribution in [2.24, 2.45) is 0 Å². The number of carboxylic acid groups (broad SMARTS) is 1. The van der Waals surface area contributed by atoms with Gasteiger partial charge in [0, 0.05) is 5.75 Å². The van der Waals surface area contributed by atoms with E-state index in [9.17, 15) is 4.79 Å². The first-order valence-electron chi connectivity index (χ1n) is 8.68. The van der Waals surface area contributed by atoms with Crippen molar-refractivity contribution in [3.63, 3.8) is 0 Å². The van der Waals surface area contributed by atoms with Gasteiger partial charge in [0.1, 0.15) is 11.5 Å². The fourth-order valence-electron chi connectivity index (χ4n) is 2.39. The maximum atomic E-state index is 10.8. The monoisotopic (exact) mass is 400 g/mol. The molecule has 0 spiro atoms. The molecule has 28 heavy (non-hydrogen) atoms. The topological polar surface area (TPSA) is 94.7 Å². The molecule has 0 aliphatic heterocycles. The molecule has 8 heteroatoms. The van der Waals surface area contributed by atoms with Gasteiger partial charge in [0.05, 0.1) is 25.7 Å². The number of carbonyl (C=O) groups is 1. The zero-order valence-corrected chi connectivity index (χ0v) is 16.1. The van der Waals surface area contributed by atoms with Crippen molar-refractivity contribution in [3.05, 3.63) is 65.5 Å². The molecule has 0 saturated heterocycles. The molecule has 1 heterocycles. The molecule has 0 radical (unpaired) electrons. The van der Waals surface area contributed by atoms with E-state index in [1.165, 1.54) is 23.9 Å². The summed E-state index contributed by atoms with van der Waals surface area (Å²) >= 11 is 1.48. The zero-order valence-electron chi connectivity index (χ0n) is 15.3. The van der Waals surface area contributed by atoms with Crippen LogP contribution in [0, 0.1) is 0 Å². The number of carboxylic acids is 1. The Bertz CT molecular complexity index is 894. The highest BCUT2D eigenvalue weighted by molar-refractivity contribution is 7.99. The first-order chi connectivity index (χ1) is 13.6. The Hall–Kier alpha value is -3.00. The Balaban J connectivity index is 1.37. The number of rotatable bonds is 10. The molecule has 2 aromatic carbocycles. The van der Waals surface area contributed by atoms with Crippen molar-refractivity contribution in [2.75, 3.05) is 19.5 Å². The molecule has 0 aliphatic rings. The normalized spacial score (nSPS) is 10.6. The molecular weight excluding hydrogens is 380 g/mol. The summed E-state index contributed by atoms with van der Waals surface area (Å²) in [4.78, 5) is 10.8. The Morgan fingerprint density at radius 3 is 2.46 bits per heavy atom. The second kappa shape index (κ2) is 9.80. The summed E-state index contributed by atoms with van der Waals surface area (Å²) in [6, 6.07) is 14.1. The minimum atomic E-state index is -0.950. The summed E-state index contributed by atoms with van der Waals surface area (Å²) in [5.74, 6) is 1.86. The first kappa shape index (κ1) is 19.8. The van der Waals surface area contributed by atoms with Gasteiger partial charge in [-0.15, -0.1) is 10.2 Å². The van der Waals surface area contributed by atoms with Gasteiger partial charge >= 0.3 is 5.97 Å². The molecule has 0 atom stereocenters. The van der Waals surface area contributed by atoms with Crippen molar-refractivity contribution < 1.29 is 23.8 Å². The van der Waals surface area contributed by atoms with Crippen molar-refractivity contribution in [1.29, 1.82) is 0 Å². The summed E-state index contributed by atoms with van der Waals surface area (Å²) < 4.78 is 16.4. The molecule has 3 aromatic rings. The van der Waals surface area contributed by atoms with Gasteiger partial charge in [0.25, 0.3) is 5.22 Å². The van der Waals surface area contributed by atoms with E-state index in [-0.39, 0.29) is 5.56 Å². The number of aromatic nitrogens is 2. The number of hydrogen-bond donors (Lipinski definition) is 1. The van der Waals surface area contributed by atoms with Crippen LogP contribution in [0.5, 0.6) is 11.5 Å². The first-order valence-corrected chi connectivity index (χ1v) is 9.67. The molecule has 0 saturated carbocycles. The number of nitrogens with zero attached hydrogens (tertiary/aromatic N) is 2. The number of aromatic carboxylic acids is 1. The molecule has 3 rings (SSSR count). The van der Waals surface area contributed by atoms with Crippen LogP contribution in [0.25, 0.3) is 0 Å². The molecule has 0 amide bonds. The lowest BCUT2D eigenvalue weighted by molar-refractivity contribution is 0.0697. The van der Waals surface area contributed by atoms with Crippen LogP contribution in [0.4, 0.5) is 0 Å². The van der Waals surface area contributed by atoms with Crippen LogP contribution >= 0.6 is 11.8 Å². The largest absolute Gasteiger partial charge is 0.497 e. The molecule has 0 aliphatic carbocycles. The maximum Gasteiger partial charge on any atom is 0.335 e. The van der Waals surface area contributed by atoms with Crippen molar-refractivity contribution in [2.45, 2.75) is 18.1 Å². The van der Waals surface area contributed by atoms with E-state index in [0.29, 0.717) is 29.9 Å².